The molecule has 2 N–H and O–H groups in total. The van der Waals surface area contributed by atoms with E-state index in [2.05, 4.69) is 5.32 Å². The third kappa shape index (κ3) is 2.58. The first-order valence-electron chi connectivity index (χ1n) is 7.02. The fraction of sp³-hybridized carbons (Fsp3) is 0.533. The van der Waals surface area contributed by atoms with Gasteiger partial charge in [-0.3, -0.25) is 4.79 Å². The highest BCUT2D eigenvalue weighted by atomic mass is 16.6. The first-order chi connectivity index (χ1) is 9.74. The van der Waals surface area contributed by atoms with Gasteiger partial charge in [-0.05, 0) is 36.8 Å². The molecule has 1 aliphatic heterocycles. The number of rotatable bonds is 5. The van der Waals surface area contributed by atoms with Crippen LogP contribution in [-0.2, 0) is 0 Å². The smallest absolute Gasteiger partial charge is 0.255 e. The molecule has 0 radical (unpaired) electrons. The average Bonchev–Trinajstić information content (AvgIpc) is 3.25. The molecule has 1 fully saturated rings. The molecule has 1 saturated carbocycles. The number of aliphatic hydroxyl groups excluding tert-OH is 1. The van der Waals surface area contributed by atoms with Gasteiger partial charge in [-0.25, -0.2) is 0 Å². The Morgan fingerprint density at radius 3 is 2.85 bits per heavy atom. The van der Waals surface area contributed by atoms with E-state index in [1.807, 2.05) is 0 Å². The molecule has 0 unspecified atom stereocenters. The van der Waals surface area contributed by atoms with Crippen LogP contribution in [0.4, 0.5) is 0 Å². The summed E-state index contributed by atoms with van der Waals surface area (Å²) in [6, 6.07) is 5.34. The monoisotopic (exact) mass is 277 g/mol. The van der Waals surface area contributed by atoms with Gasteiger partial charge in [-0.2, -0.15) is 0 Å². The van der Waals surface area contributed by atoms with Crippen molar-refractivity contribution in [3.8, 4) is 11.5 Å². The van der Waals surface area contributed by atoms with Crippen LogP contribution < -0.4 is 14.8 Å². The van der Waals surface area contributed by atoms with Crippen molar-refractivity contribution < 1.29 is 19.4 Å². The molecule has 1 aromatic rings. The summed E-state index contributed by atoms with van der Waals surface area (Å²) in [7, 11) is 0. The van der Waals surface area contributed by atoms with E-state index in [1.165, 1.54) is 0 Å². The van der Waals surface area contributed by atoms with Crippen LogP contribution in [0.2, 0.25) is 0 Å². The molecule has 2 aliphatic rings. The first kappa shape index (κ1) is 13.2. The number of hydrogen-bond donors (Lipinski definition) is 2. The highest BCUT2D eigenvalue weighted by molar-refractivity contribution is 5.97. The Balaban J connectivity index is 1.68. The molecule has 0 bridgehead atoms. The third-order valence-corrected chi connectivity index (χ3v) is 4.03. The molecular formula is C15H19NO4. The van der Waals surface area contributed by atoms with Gasteiger partial charge in [0.25, 0.3) is 5.91 Å². The molecule has 20 heavy (non-hydrogen) atoms. The minimum atomic E-state index is -0.142. The van der Waals surface area contributed by atoms with Crippen molar-refractivity contribution in [2.24, 2.45) is 5.41 Å². The normalized spacial score (nSPS) is 18.4. The number of nitrogens with one attached hydrogen (secondary N) is 1. The van der Waals surface area contributed by atoms with E-state index in [0.717, 1.165) is 19.3 Å². The highest BCUT2D eigenvalue weighted by Gasteiger charge is 2.42. The van der Waals surface area contributed by atoms with Crippen LogP contribution in [0.1, 0.15) is 29.6 Å². The van der Waals surface area contributed by atoms with Crippen LogP contribution in [0.15, 0.2) is 18.2 Å². The second-order valence-electron chi connectivity index (χ2n) is 5.49. The minimum absolute atomic E-state index is 0.108. The zero-order chi connectivity index (χ0) is 14.0. The van der Waals surface area contributed by atoms with E-state index in [-0.39, 0.29) is 17.9 Å². The predicted molar refractivity (Wildman–Crippen MR) is 73.1 cm³/mol. The number of fused-ring (bicyclic) bond motifs is 1. The van der Waals surface area contributed by atoms with Crippen LogP contribution in [0.5, 0.6) is 11.5 Å². The molecule has 1 amide bonds. The molecule has 3 rings (SSSR count). The fourth-order valence-electron chi connectivity index (χ4n) is 2.54. The summed E-state index contributed by atoms with van der Waals surface area (Å²) in [6.45, 7) is 1.76. The summed E-state index contributed by atoms with van der Waals surface area (Å²) in [5, 5.41) is 12.0. The summed E-state index contributed by atoms with van der Waals surface area (Å²) in [4.78, 5) is 12.3. The molecule has 1 heterocycles. The first-order valence-corrected chi connectivity index (χ1v) is 7.02. The number of aliphatic hydroxyl groups is 1. The molecule has 1 aliphatic carbocycles. The van der Waals surface area contributed by atoms with Gasteiger partial charge in [0.15, 0.2) is 11.5 Å². The lowest BCUT2D eigenvalue weighted by Gasteiger charge is -2.21. The van der Waals surface area contributed by atoms with Gasteiger partial charge in [0.1, 0.15) is 13.2 Å². The van der Waals surface area contributed by atoms with E-state index in [0.29, 0.717) is 36.8 Å². The maximum absolute atomic E-state index is 12.3. The van der Waals surface area contributed by atoms with Gasteiger partial charge in [-0.1, -0.05) is 6.07 Å². The summed E-state index contributed by atoms with van der Waals surface area (Å²) in [5.41, 5.74) is 0.623. The van der Waals surface area contributed by atoms with Crippen LogP contribution in [0, 0.1) is 5.41 Å². The van der Waals surface area contributed by atoms with Crippen molar-refractivity contribution in [1.82, 2.24) is 5.32 Å². The maximum Gasteiger partial charge on any atom is 0.255 e. The zero-order valence-electron chi connectivity index (χ0n) is 11.4. The topological polar surface area (TPSA) is 67.8 Å². The number of amides is 1. The number of ether oxygens (including phenoxy) is 2. The standard InChI is InChI=1S/C15H19NO4/c17-7-6-15(4-5-15)10-16-14(18)11-2-1-3-12-13(11)20-9-8-19-12/h1-3,17H,4-10H2,(H,16,18). The van der Waals surface area contributed by atoms with Crippen molar-refractivity contribution in [3.63, 3.8) is 0 Å². The second-order valence-corrected chi connectivity index (χ2v) is 5.49. The van der Waals surface area contributed by atoms with E-state index in [9.17, 15) is 4.79 Å². The van der Waals surface area contributed by atoms with E-state index in [4.69, 9.17) is 14.6 Å². The zero-order valence-corrected chi connectivity index (χ0v) is 11.4. The van der Waals surface area contributed by atoms with Gasteiger partial charge < -0.3 is 19.9 Å². The van der Waals surface area contributed by atoms with Crippen molar-refractivity contribution in [2.45, 2.75) is 19.3 Å². The molecule has 108 valence electrons. The summed E-state index contributed by atoms with van der Waals surface area (Å²) < 4.78 is 11.0. The molecule has 1 aromatic carbocycles. The maximum atomic E-state index is 12.3. The van der Waals surface area contributed by atoms with Crippen molar-refractivity contribution >= 4 is 5.91 Å². The molecule has 5 nitrogen and oxygen atoms in total. The molecule has 0 saturated heterocycles. The summed E-state index contributed by atoms with van der Waals surface area (Å²) in [5.74, 6) is 1.01. The number of carbonyl (C=O) groups is 1. The van der Waals surface area contributed by atoms with Crippen LogP contribution in [0.25, 0.3) is 0 Å². The predicted octanol–water partition coefficient (Wildman–Crippen LogP) is 1.35. The molecule has 5 heteroatoms. The molecular weight excluding hydrogens is 258 g/mol. The number of para-hydroxylation sites is 1. The number of carbonyl (C=O) groups excluding carboxylic acids is 1. The Bertz CT molecular complexity index is 511. The lowest BCUT2D eigenvalue weighted by molar-refractivity contribution is 0.0930. The highest BCUT2D eigenvalue weighted by Crippen LogP contribution is 2.48. The Hall–Kier alpha value is -1.75. The van der Waals surface area contributed by atoms with Gasteiger partial charge in [-0.15, -0.1) is 0 Å². The quantitative estimate of drug-likeness (QED) is 0.852. The molecule has 0 spiro atoms. The Kier molecular flexibility index (Phi) is 3.53. The van der Waals surface area contributed by atoms with Crippen molar-refractivity contribution in [3.05, 3.63) is 23.8 Å². The summed E-state index contributed by atoms with van der Waals surface area (Å²) in [6.07, 6.45) is 2.89. The Morgan fingerprint density at radius 2 is 2.10 bits per heavy atom. The lowest BCUT2D eigenvalue weighted by Crippen LogP contribution is -2.31. The Morgan fingerprint density at radius 1 is 1.30 bits per heavy atom. The second kappa shape index (κ2) is 5.32. The largest absolute Gasteiger partial charge is 0.486 e. The van der Waals surface area contributed by atoms with Crippen LogP contribution >= 0.6 is 0 Å². The van der Waals surface area contributed by atoms with Crippen LogP contribution in [0.3, 0.4) is 0 Å². The lowest BCUT2D eigenvalue weighted by atomic mass is 10.0. The van der Waals surface area contributed by atoms with E-state index in [1.54, 1.807) is 18.2 Å². The van der Waals surface area contributed by atoms with E-state index < -0.39 is 0 Å². The number of benzene rings is 1. The molecule has 0 aromatic heterocycles. The third-order valence-electron chi connectivity index (χ3n) is 4.03. The van der Waals surface area contributed by atoms with Gasteiger partial charge in [0.2, 0.25) is 0 Å². The minimum Gasteiger partial charge on any atom is -0.486 e. The van der Waals surface area contributed by atoms with E-state index >= 15 is 0 Å². The SMILES string of the molecule is O=C(NCC1(CCO)CC1)c1cccc2c1OCCO2. The van der Waals surface area contributed by atoms with Crippen LogP contribution in [-0.4, -0.2) is 37.4 Å². The molecule has 0 atom stereocenters. The fourth-order valence-corrected chi connectivity index (χ4v) is 2.54. The van der Waals surface area contributed by atoms with Gasteiger partial charge >= 0.3 is 0 Å². The van der Waals surface area contributed by atoms with Crippen molar-refractivity contribution in [2.75, 3.05) is 26.4 Å². The van der Waals surface area contributed by atoms with Gasteiger partial charge in [0, 0.05) is 13.2 Å². The van der Waals surface area contributed by atoms with Gasteiger partial charge in [0.05, 0.1) is 5.56 Å². The summed E-state index contributed by atoms with van der Waals surface area (Å²) >= 11 is 0. The van der Waals surface area contributed by atoms with Crippen molar-refractivity contribution in [1.29, 1.82) is 0 Å². The average molecular weight is 277 g/mol. The Labute approximate surface area is 117 Å². The number of hydrogen-bond acceptors (Lipinski definition) is 4.